The Labute approximate surface area is 86.4 Å². The first-order valence-corrected chi connectivity index (χ1v) is 5.02. The Morgan fingerprint density at radius 2 is 2.00 bits per heavy atom. The quantitative estimate of drug-likeness (QED) is 0.686. The number of carbonyl (C=O) groups is 2. The monoisotopic (exact) mass is 216 g/mol. The van der Waals surface area contributed by atoms with E-state index in [0.717, 1.165) is 11.3 Å². The van der Waals surface area contributed by atoms with Crippen molar-refractivity contribution >= 4 is 12.0 Å². The molecule has 2 rings (SSSR count). The van der Waals surface area contributed by atoms with Gasteiger partial charge < -0.3 is 10.0 Å². The molecule has 2 aliphatic heterocycles. The highest BCUT2D eigenvalue weighted by molar-refractivity contribution is 5.86. The van der Waals surface area contributed by atoms with Crippen molar-refractivity contribution in [3.8, 4) is 0 Å². The lowest BCUT2D eigenvalue weighted by Gasteiger charge is -2.34. The van der Waals surface area contributed by atoms with Gasteiger partial charge in [0.2, 0.25) is 5.91 Å². The topological polar surface area (TPSA) is 60.9 Å². The zero-order valence-corrected chi connectivity index (χ0v) is 8.23. The minimum Gasteiger partial charge on any atom is -0.465 e. The minimum absolute atomic E-state index is 0.00162. The zero-order valence-electron chi connectivity index (χ0n) is 8.23. The maximum absolute atomic E-state index is 13.1. The average Bonchev–Trinajstić information content (AvgIpc) is 2.44. The van der Waals surface area contributed by atoms with Crippen LogP contribution in [0.15, 0.2) is 0 Å². The Morgan fingerprint density at radius 1 is 1.33 bits per heavy atom. The summed E-state index contributed by atoms with van der Waals surface area (Å²) >= 11 is 0. The van der Waals surface area contributed by atoms with Crippen LogP contribution in [0.1, 0.15) is 12.8 Å². The summed E-state index contributed by atoms with van der Waals surface area (Å²) in [5, 5.41) is 8.81. The van der Waals surface area contributed by atoms with Gasteiger partial charge in [0.05, 0.1) is 6.54 Å². The number of hydrogen-bond acceptors (Lipinski definition) is 2. The number of alkyl halides is 1. The van der Waals surface area contributed by atoms with Crippen molar-refractivity contribution in [3.63, 3.8) is 0 Å². The Balaban J connectivity index is 2.05. The second-order valence-corrected chi connectivity index (χ2v) is 3.96. The van der Waals surface area contributed by atoms with Crippen LogP contribution in [0.5, 0.6) is 0 Å². The number of likely N-dealkylation sites (tertiary alicyclic amines) is 2. The molecule has 2 atom stereocenters. The number of hydrogen-bond donors (Lipinski definition) is 1. The Morgan fingerprint density at radius 3 is 2.47 bits per heavy atom. The minimum atomic E-state index is -1.21. The van der Waals surface area contributed by atoms with Crippen molar-refractivity contribution in [1.29, 1.82) is 0 Å². The van der Waals surface area contributed by atoms with Gasteiger partial charge in [-0.1, -0.05) is 0 Å². The van der Waals surface area contributed by atoms with Crippen LogP contribution in [0.2, 0.25) is 0 Å². The lowest BCUT2D eigenvalue weighted by atomic mass is 10.1. The molecule has 0 saturated carbocycles. The number of amides is 2. The van der Waals surface area contributed by atoms with Crippen LogP contribution in [0, 0.1) is 0 Å². The summed E-state index contributed by atoms with van der Waals surface area (Å²) in [5.41, 5.74) is 0. The lowest BCUT2D eigenvalue weighted by Crippen LogP contribution is -2.52. The van der Waals surface area contributed by atoms with Crippen LogP contribution in [0.4, 0.5) is 9.18 Å². The molecule has 0 aromatic carbocycles. The fourth-order valence-corrected chi connectivity index (χ4v) is 1.98. The number of carbonyl (C=O) groups excluding carboxylic acids is 1. The largest absolute Gasteiger partial charge is 0.465 e. The summed E-state index contributed by atoms with van der Waals surface area (Å²) in [6.45, 7) is 1.15. The first-order chi connectivity index (χ1) is 7.09. The molecule has 2 amide bonds. The summed E-state index contributed by atoms with van der Waals surface area (Å²) in [5.74, 6) is -0.246. The maximum atomic E-state index is 13.1. The predicted molar refractivity (Wildman–Crippen MR) is 49.2 cm³/mol. The highest BCUT2D eigenvalue weighted by Crippen LogP contribution is 2.23. The summed E-state index contributed by atoms with van der Waals surface area (Å²) < 4.78 is 13.1. The van der Waals surface area contributed by atoms with Gasteiger partial charge in [-0.3, -0.25) is 9.69 Å². The molecule has 0 aromatic rings. The molecule has 0 radical (unpaired) electrons. The van der Waals surface area contributed by atoms with Crippen LogP contribution >= 0.6 is 0 Å². The van der Waals surface area contributed by atoms with E-state index in [-0.39, 0.29) is 18.9 Å². The van der Waals surface area contributed by atoms with Gasteiger partial charge in [-0.15, -0.1) is 0 Å². The Kier molecular flexibility index (Phi) is 2.50. The van der Waals surface area contributed by atoms with E-state index in [4.69, 9.17) is 5.11 Å². The molecule has 2 aliphatic rings. The van der Waals surface area contributed by atoms with E-state index in [1.165, 1.54) is 0 Å². The van der Waals surface area contributed by atoms with E-state index in [1.807, 2.05) is 0 Å². The summed E-state index contributed by atoms with van der Waals surface area (Å²) in [6.07, 6.45) is -1.47. The molecule has 84 valence electrons. The molecule has 0 aromatic heterocycles. The van der Waals surface area contributed by atoms with E-state index in [2.05, 4.69) is 0 Å². The molecule has 15 heavy (non-hydrogen) atoms. The van der Waals surface area contributed by atoms with Gasteiger partial charge in [-0.05, 0) is 6.42 Å². The van der Waals surface area contributed by atoms with Crippen molar-refractivity contribution in [1.82, 2.24) is 9.80 Å². The third-order valence-electron chi connectivity index (χ3n) is 2.95. The van der Waals surface area contributed by atoms with Crippen molar-refractivity contribution in [3.05, 3.63) is 0 Å². The Bertz CT molecular complexity index is 293. The number of nitrogens with zero attached hydrogens (tertiary/aromatic N) is 2. The van der Waals surface area contributed by atoms with Crippen LogP contribution < -0.4 is 0 Å². The van der Waals surface area contributed by atoms with E-state index < -0.39 is 18.3 Å². The second kappa shape index (κ2) is 3.67. The summed E-state index contributed by atoms with van der Waals surface area (Å²) in [7, 11) is 0. The van der Waals surface area contributed by atoms with E-state index >= 15 is 0 Å². The molecule has 1 unspecified atom stereocenters. The van der Waals surface area contributed by atoms with Crippen LogP contribution in [0.3, 0.4) is 0 Å². The van der Waals surface area contributed by atoms with Gasteiger partial charge >= 0.3 is 6.09 Å². The first kappa shape index (κ1) is 10.2. The van der Waals surface area contributed by atoms with Crippen LogP contribution in [-0.4, -0.2) is 58.8 Å². The smallest absolute Gasteiger partial charge is 0.408 e. The molecule has 2 fully saturated rings. The van der Waals surface area contributed by atoms with Crippen molar-refractivity contribution in [2.24, 2.45) is 0 Å². The molecule has 2 heterocycles. The molecular formula is C9H13FN2O3. The molecule has 0 spiro atoms. The highest BCUT2D eigenvalue weighted by Gasteiger charge is 2.42. The van der Waals surface area contributed by atoms with Crippen LogP contribution in [-0.2, 0) is 4.79 Å². The first-order valence-electron chi connectivity index (χ1n) is 5.02. The van der Waals surface area contributed by atoms with E-state index in [0.29, 0.717) is 13.1 Å². The lowest BCUT2D eigenvalue weighted by molar-refractivity contribution is -0.139. The predicted octanol–water partition coefficient (Wildman–Crippen LogP) is 0.309. The van der Waals surface area contributed by atoms with Crippen molar-refractivity contribution < 1.29 is 19.1 Å². The van der Waals surface area contributed by atoms with Crippen molar-refractivity contribution in [2.75, 3.05) is 19.6 Å². The SMILES string of the molecule is O=C([C@@H]1CC(F)CN1C(=O)O)N1CCC1. The molecule has 0 aliphatic carbocycles. The summed E-state index contributed by atoms with van der Waals surface area (Å²) in [4.78, 5) is 25.0. The maximum Gasteiger partial charge on any atom is 0.408 e. The zero-order chi connectivity index (χ0) is 11.0. The molecular weight excluding hydrogens is 203 g/mol. The summed E-state index contributed by atoms with van der Waals surface area (Å²) in [6, 6.07) is -0.808. The van der Waals surface area contributed by atoms with Gasteiger partial charge in [-0.2, -0.15) is 0 Å². The second-order valence-electron chi connectivity index (χ2n) is 3.96. The number of carboxylic acid groups (broad SMARTS) is 1. The standard InChI is InChI=1S/C9H13FN2O3/c10-6-4-7(12(5-6)9(14)15)8(13)11-2-1-3-11/h6-7H,1-5H2,(H,14,15)/t6?,7-/m0/s1. The molecule has 2 saturated heterocycles. The molecule has 1 N–H and O–H groups in total. The molecule has 0 bridgehead atoms. The fourth-order valence-electron chi connectivity index (χ4n) is 1.98. The molecule has 5 nitrogen and oxygen atoms in total. The highest BCUT2D eigenvalue weighted by atomic mass is 19.1. The third kappa shape index (κ3) is 1.75. The van der Waals surface area contributed by atoms with Gasteiger partial charge in [0.15, 0.2) is 0 Å². The number of halogens is 1. The van der Waals surface area contributed by atoms with Crippen LogP contribution in [0.25, 0.3) is 0 Å². The van der Waals surface area contributed by atoms with Crippen molar-refractivity contribution in [2.45, 2.75) is 25.1 Å². The van der Waals surface area contributed by atoms with E-state index in [9.17, 15) is 14.0 Å². The third-order valence-corrected chi connectivity index (χ3v) is 2.95. The Hall–Kier alpha value is -1.33. The normalized spacial score (nSPS) is 30.2. The fraction of sp³-hybridized carbons (Fsp3) is 0.778. The van der Waals surface area contributed by atoms with Gasteiger partial charge in [0.1, 0.15) is 12.2 Å². The van der Waals surface area contributed by atoms with Gasteiger partial charge in [0, 0.05) is 19.5 Å². The molecule has 6 heteroatoms. The van der Waals surface area contributed by atoms with Gasteiger partial charge in [0.25, 0.3) is 0 Å². The van der Waals surface area contributed by atoms with E-state index in [1.54, 1.807) is 4.90 Å². The number of rotatable bonds is 1. The average molecular weight is 216 g/mol. The van der Waals surface area contributed by atoms with Gasteiger partial charge in [-0.25, -0.2) is 9.18 Å².